The van der Waals surface area contributed by atoms with Crippen molar-refractivity contribution in [2.24, 2.45) is 0 Å². The second-order valence-electron chi connectivity index (χ2n) is 6.76. The summed E-state index contributed by atoms with van der Waals surface area (Å²) in [6.45, 7) is 4.07. The molecule has 0 saturated carbocycles. The summed E-state index contributed by atoms with van der Waals surface area (Å²) in [5.41, 5.74) is 0.681. The molecule has 0 aromatic heterocycles. The first-order valence-corrected chi connectivity index (χ1v) is 11.7. The molecule has 1 aliphatic heterocycles. The monoisotopic (exact) mass is 471 g/mol. The second-order valence-corrected chi connectivity index (χ2v) is 9.51. The quantitative estimate of drug-likeness (QED) is 0.669. The Labute approximate surface area is 186 Å². The maximum Gasteiger partial charge on any atom is 0.244 e. The molecule has 0 spiro atoms. The topological polar surface area (TPSA) is 79.0 Å². The number of nitrogens with one attached hydrogen (secondary N) is 1. The Morgan fingerprint density at radius 3 is 2.37 bits per heavy atom. The zero-order valence-corrected chi connectivity index (χ0v) is 18.8. The zero-order valence-electron chi connectivity index (χ0n) is 16.5. The molecule has 1 aliphatic rings. The molecular formula is C20H23Cl2N3O4S. The largest absolute Gasteiger partial charge is 0.494 e. The second kappa shape index (κ2) is 9.98. The Kier molecular flexibility index (Phi) is 7.60. The summed E-state index contributed by atoms with van der Waals surface area (Å²) in [6.07, 6.45) is 0. The lowest BCUT2D eigenvalue weighted by Gasteiger charge is -2.33. The summed E-state index contributed by atoms with van der Waals surface area (Å²) >= 11 is 12.0. The van der Waals surface area contributed by atoms with Crippen LogP contribution in [0.5, 0.6) is 5.75 Å². The number of sulfonamides is 1. The molecule has 7 nitrogen and oxygen atoms in total. The van der Waals surface area contributed by atoms with Gasteiger partial charge in [-0.15, -0.1) is 0 Å². The van der Waals surface area contributed by atoms with Crippen LogP contribution >= 0.6 is 23.2 Å². The first-order chi connectivity index (χ1) is 14.3. The van der Waals surface area contributed by atoms with Crippen molar-refractivity contribution in [3.05, 3.63) is 52.5 Å². The van der Waals surface area contributed by atoms with Crippen molar-refractivity contribution < 1.29 is 17.9 Å². The van der Waals surface area contributed by atoms with Crippen LogP contribution in [0.3, 0.4) is 0 Å². The third kappa shape index (κ3) is 5.65. The van der Waals surface area contributed by atoms with Gasteiger partial charge in [-0.05, 0) is 49.4 Å². The number of benzene rings is 2. The first-order valence-electron chi connectivity index (χ1n) is 9.50. The molecule has 2 aromatic carbocycles. The molecule has 0 radical (unpaired) electrons. The molecule has 0 atom stereocenters. The van der Waals surface area contributed by atoms with E-state index >= 15 is 0 Å². The van der Waals surface area contributed by atoms with Crippen LogP contribution in [0.2, 0.25) is 10.0 Å². The lowest BCUT2D eigenvalue weighted by atomic mass is 10.3. The van der Waals surface area contributed by atoms with Gasteiger partial charge in [-0.3, -0.25) is 9.69 Å². The molecule has 0 bridgehead atoms. The van der Waals surface area contributed by atoms with E-state index in [1.54, 1.807) is 30.3 Å². The molecule has 1 heterocycles. The standard InChI is InChI=1S/C20H23Cl2N3O4S/c1-2-29-17-6-4-16(5-7-17)23-20(26)14-24-9-11-25(12-10-24)30(27,28)19-13-15(21)3-8-18(19)22/h3-8,13H,2,9-12,14H2,1H3,(H,23,26). The van der Waals surface area contributed by atoms with Crippen LogP contribution in [0.25, 0.3) is 0 Å². The highest BCUT2D eigenvalue weighted by atomic mass is 35.5. The number of hydrogen-bond acceptors (Lipinski definition) is 5. The number of piperazine rings is 1. The molecule has 1 amide bonds. The molecule has 10 heteroatoms. The molecule has 0 unspecified atom stereocenters. The van der Waals surface area contributed by atoms with E-state index in [9.17, 15) is 13.2 Å². The lowest BCUT2D eigenvalue weighted by molar-refractivity contribution is -0.117. The molecule has 2 aromatic rings. The van der Waals surface area contributed by atoms with E-state index in [0.29, 0.717) is 30.4 Å². The lowest BCUT2D eigenvalue weighted by Crippen LogP contribution is -2.50. The molecule has 1 fully saturated rings. The van der Waals surface area contributed by atoms with Gasteiger partial charge in [-0.25, -0.2) is 8.42 Å². The summed E-state index contributed by atoms with van der Waals surface area (Å²) in [6, 6.07) is 11.5. The predicted molar refractivity (Wildman–Crippen MR) is 118 cm³/mol. The number of halogens is 2. The first kappa shape index (κ1) is 22.8. The molecular weight excluding hydrogens is 449 g/mol. The minimum Gasteiger partial charge on any atom is -0.494 e. The minimum atomic E-state index is -3.75. The summed E-state index contributed by atoms with van der Waals surface area (Å²) < 4.78 is 32.5. The molecule has 0 aliphatic carbocycles. The fourth-order valence-corrected chi connectivity index (χ4v) is 5.31. The number of ether oxygens (including phenoxy) is 1. The maximum absolute atomic E-state index is 12.9. The predicted octanol–water partition coefficient (Wildman–Crippen LogP) is 3.34. The van der Waals surface area contributed by atoms with Crippen LogP contribution in [0, 0.1) is 0 Å². The Morgan fingerprint density at radius 2 is 1.73 bits per heavy atom. The summed E-state index contributed by atoms with van der Waals surface area (Å²) in [7, 11) is -3.75. The van der Waals surface area contributed by atoms with Gasteiger partial charge in [0.05, 0.1) is 18.2 Å². The molecule has 1 N–H and O–H groups in total. The van der Waals surface area contributed by atoms with Gasteiger partial charge < -0.3 is 10.1 Å². The number of carbonyl (C=O) groups excluding carboxylic acids is 1. The van der Waals surface area contributed by atoms with E-state index in [1.807, 2.05) is 11.8 Å². The number of rotatable bonds is 7. The van der Waals surface area contributed by atoms with E-state index in [2.05, 4.69) is 5.32 Å². The van der Waals surface area contributed by atoms with Gasteiger partial charge in [0, 0.05) is 36.9 Å². The average Bonchev–Trinajstić information content (AvgIpc) is 2.72. The van der Waals surface area contributed by atoms with Gasteiger partial charge in [-0.2, -0.15) is 4.31 Å². The van der Waals surface area contributed by atoms with Crippen LogP contribution < -0.4 is 10.1 Å². The van der Waals surface area contributed by atoms with Crippen molar-refractivity contribution in [1.29, 1.82) is 0 Å². The van der Waals surface area contributed by atoms with Crippen LogP contribution in [0.15, 0.2) is 47.4 Å². The van der Waals surface area contributed by atoms with Crippen molar-refractivity contribution >= 4 is 44.8 Å². The zero-order chi connectivity index (χ0) is 21.7. The van der Waals surface area contributed by atoms with Gasteiger partial charge in [0.1, 0.15) is 10.6 Å². The number of nitrogens with zero attached hydrogens (tertiary/aromatic N) is 2. The Bertz CT molecular complexity index is 992. The number of carbonyl (C=O) groups is 1. The van der Waals surface area contributed by atoms with E-state index in [0.717, 1.165) is 5.75 Å². The number of hydrogen-bond donors (Lipinski definition) is 1. The van der Waals surface area contributed by atoms with Gasteiger partial charge in [0.25, 0.3) is 0 Å². The summed E-state index contributed by atoms with van der Waals surface area (Å²) in [4.78, 5) is 14.2. The summed E-state index contributed by atoms with van der Waals surface area (Å²) in [5, 5.41) is 3.28. The maximum atomic E-state index is 12.9. The van der Waals surface area contributed by atoms with Crippen molar-refractivity contribution in [3.8, 4) is 5.75 Å². The molecule has 1 saturated heterocycles. The number of amides is 1. The smallest absolute Gasteiger partial charge is 0.244 e. The highest BCUT2D eigenvalue weighted by Crippen LogP contribution is 2.28. The Morgan fingerprint density at radius 1 is 1.07 bits per heavy atom. The van der Waals surface area contributed by atoms with Crippen LogP contribution in [-0.2, 0) is 14.8 Å². The average molecular weight is 472 g/mol. The minimum absolute atomic E-state index is 0.00152. The normalized spacial score (nSPS) is 15.7. The van der Waals surface area contributed by atoms with E-state index in [-0.39, 0.29) is 35.5 Å². The van der Waals surface area contributed by atoms with Crippen molar-refractivity contribution in [2.75, 3.05) is 44.6 Å². The van der Waals surface area contributed by atoms with E-state index in [4.69, 9.17) is 27.9 Å². The SMILES string of the molecule is CCOc1ccc(NC(=O)CN2CCN(S(=O)(=O)c3cc(Cl)ccc3Cl)CC2)cc1. The van der Waals surface area contributed by atoms with Crippen LogP contribution in [0.1, 0.15) is 6.92 Å². The third-order valence-electron chi connectivity index (χ3n) is 4.66. The molecule has 162 valence electrons. The van der Waals surface area contributed by atoms with Gasteiger partial charge in [-0.1, -0.05) is 23.2 Å². The highest BCUT2D eigenvalue weighted by molar-refractivity contribution is 7.89. The van der Waals surface area contributed by atoms with Gasteiger partial charge >= 0.3 is 0 Å². The van der Waals surface area contributed by atoms with E-state index in [1.165, 1.54) is 16.4 Å². The number of anilines is 1. The fraction of sp³-hybridized carbons (Fsp3) is 0.350. The third-order valence-corrected chi connectivity index (χ3v) is 7.27. The van der Waals surface area contributed by atoms with Crippen LogP contribution in [-0.4, -0.2) is 62.9 Å². The Hall–Kier alpha value is -1.84. The Balaban J connectivity index is 1.53. The van der Waals surface area contributed by atoms with E-state index < -0.39 is 10.0 Å². The van der Waals surface area contributed by atoms with Gasteiger partial charge in [0.2, 0.25) is 15.9 Å². The highest BCUT2D eigenvalue weighted by Gasteiger charge is 2.30. The van der Waals surface area contributed by atoms with Crippen molar-refractivity contribution in [3.63, 3.8) is 0 Å². The van der Waals surface area contributed by atoms with Crippen LogP contribution in [0.4, 0.5) is 5.69 Å². The fourth-order valence-electron chi connectivity index (χ4n) is 3.15. The van der Waals surface area contributed by atoms with Crippen molar-refractivity contribution in [2.45, 2.75) is 11.8 Å². The molecule has 3 rings (SSSR count). The van der Waals surface area contributed by atoms with Gasteiger partial charge in [0.15, 0.2) is 0 Å². The van der Waals surface area contributed by atoms with Crippen molar-refractivity contribution in [1.82, 2.24) is 9.21 Å². The summed E-state index contributed by atoms with van der Waals surface area (Å²) in [5.74, 6) is 0.584. The molecule has 30 heavy (non-hydrogen) atoms.